The zero-order valence-corrected chi connectivity index (χ0v) is 14.7. The molecule has 1 unspecified atom stereocenters. The molecular formula is C18H21FN2O2S. The second-order valence-corrected chi connectivity index (χ2v) is 8.53. The first kappa shape index (κ1) is 16.9. The molecule has 3 rings (SSSR count). The number of hydrogen-bond donors (Lipinski definition) is 0. The molecule has 0 aliphatic carbocycles. The smallest absolute Gasteiger partial charge is 0.177 e. The number of hydrogen-bond acceptors (Lipinski definition) is 4. The summed E-state index contributed by atoms with van der Waals surface area (Å²) in [7, 11) is -3.21. The van der Waals surface area contributed by atoms with E-state index in [4.69, 9.17) is 0 Å². The van der Waals surface area contributed by atoms with Crippen LogP contribution in [-0.4, -0.2) is 32.7 Å². The highest BCUT2D eigenvalue weighted by Gasteiger charge is 2.24. The maximum atomic E-state index is 13.4. The summed E-state index contributed by atoms with van der Waals surface area (Å²) in [5.74, 6) is 1.13. The Labute approximate surface area is 142 Å². The Morgan fingerprint density at radius 3 is 2.71 bits per heavy atom. The van der Waals surface area contributed by atoms with Gasteiger partial charge in [0.05, 0.1) is 4.90 Å². The number of nitrogens with zero attached hydrogens (tertiary/aromatic N) is 2. The van der Waals surface area contributed by atoms with E-state index in [1.54, 1.807) is 19.1 Å². The molecule has 6 heteroatoms. The second-order valence-electron chi connectivity index (χ2n) is 6.51. The number of aryl methyl sites for hydroxylation is 1. The van der Waals surface area contributed by atoms with Crippen LogP contribution >= 0.6 is 0 Å². The molecule has 1 aliphatic heterocycles. The highest BCUT2D eigenvalue weighted by molar-refractivity contribution is 7.90. The second kappa shape index (κ2) is 6.51. The molecule has 1 saturated heterocycles. The molecule has 2 heterocycles. The van der Waals surface area contributed by atoms with Crippen molar-refractivity contribution < 1.29 is 12.8 Å². The number of halogens is 1. The summed E-state index contributed by atoms with van der Waals surface area (Å²) in [4.78, 5) is 6.70. The number of anilines is 1. The molecule has 128 valence electrons. The van der Waals surface area contributed by atoms with E-state index in [1.807, 2.05) is 12.1 Å². The van der Waals surface area contributed by atoms with E-state index in [-0.39, 0.29) is 10.7 Å². The number of rotatable bonds is 4. The van der Waals surface area contributed by atoms with Crippen molar-refractivity contribution in [2.24, 2.45) is 5.92 Å². The Balaban J connectivity index is 1.65. The van der Waals surface area contributed by atoms with Crippen LogP contribution in [0.2, 0.25) is 0 Å². The van der Waals surface area contributed by atoms with Gasteiger partial charge in [-0.05, 0) is 55.0 Å². The van der Waals surface area contributed by atoms with Crippen LogP contribution in [0.1, 0.15) is 17.5 Å². The van der Waals surface area contributed by atoms with Crippen molar-refractivity contribution in [2.45, 2.75) is 24.7 Å². The first-order chi connectivity index (χ1) is 11.3. The van der Waals surface area contributed by atoms with Crippen molar-refractivity contribution in [1.29, 1.82) is 0 Å². The van der Waals surface area contributed by atoms with Gasteiger partial charge in [0.2, 0.25) is 0 Å². The van der Waals surface area contributed by atoms with Gasteiger partial charge in [0.15, 0.2) is 9.84 Å². The fraction of sp³-hybridized carbons (Fsp3) is 0.389. The molecule has 0 spiro atoms. The lowest BCUT2D eigenvalue weighted by Crippen LogP contribution is -2.21. The maximum Gasteiger partial charge on any atom is 0.177 e. The Hall–Kier alpha value is -1.95. The molecule has 0 N–H and O–H groups in total. The number of benzene rings is 1. The average Bonchev–Trinajstić information content (AvgIpc) is 2.99. The van der Waals surface area contributed by atoms with E-state index in [0.29, 0.717) is 11.5 Å². The topological polar surface area (TPSA) is 50.3 Å². The quantitative estimate of drug-likeness (QED) is 0.852. The van der Waals surface area contributed by atoms with Crippen molar-refractivity contribution in [3.63, 3.8) is 0 Å². The van der Waals surface area contributed by atoms with Crippen molar-refractivity contribution >= 4 is 15.7 Å². The summed E-state index contributed by atoms with van der Waals surface area (Å²) in [5, 5.41) is 0. The van der Waals surface area contributed by atoms with Gasteiger partial charge in [0.1, 0.15) is 11.6 Å². The van der Waals surface area contributed by atoms with Crippen LogP contribution in [0.15, 0.2) is 41.4 Å². The third-order valence-electron chi connectivity index (χ3n) is 4.51. The van der Waals surface area contributed by atoms with E-state index in [2.05, 4.69) is 9.88 Å². The molecule has 0 radical (unpaired) electrons. The monoisotopic (exact) mass is 348 g/mol. The largest absolute Gasteiger partial charge is 0.356 e. The van der Waals surface area contributed by atoms with Gasteiger partial charge in [-0.25, -0.2) is 17.8 Å². The third-order valence-corrected chi connectivity index (χ3v) is 5.60. The van der Waals surface area contributed by atoms with Crippen LogP contribution in [0.3, 0.4) is 0 Å². The van der Waals surface area contributed by atoms with Crippen LogP contribution in [0, 0.1) is 18.7 Å². The predicted octanol–water partition coefficient (Wildman–Crippen LogP) is 3.00. The third kappa shape index (κ3) is 3.75. The Kier molecular flexibility index (Phi) is 4.58. The van der Waals surface area contributed by atoms with Crippen LogP contribution in [0.25, 0.3) is 0 Å². The minimum atomic E-state index is -3.21. The molecule has 1 aromatic heterocycles. The molecule has 24 heavy (non-hydrogen) atoms. The van der Waals surface area contributed by atoms with Gasteiger partial charge in [-0.3, -0.25) is 0 Å². The van der Waals surface area contributed by atoms with Gasteiger partial charge in [-0.15, -0.1) is 0 Å². The summed E-state index contributed by atoms with van der Waals surface area (Å²) < 4.78 is 36.3. The lowest BCUT2D eigenvalue weighted by Gasteiger charge is -2.18. The summed E-state index contributed by atoms with van der Waals surface area (Å²) in [6.45, 7) is 3.56. The first-order valence-electron chi connectivity index (χ1n) is 7.99. The highest BCUT2D eigenvalue weighted by atomic mass is 32.2. The summed E-state index contributed by atoms with van der Waals surface area (Å²) in [6, 6.07) is 8.67. The van der Waals surface area contributed by atoms with Crippen LogP contribution < -0.4 is 4.90 Å². The zero-order chi connectivity index (χ0) is 17.3. The molecule has 0 saturated carbocycles. The van der Waals surface area contributed by atoms with Crippen molar-refractivity contribution in [2.75, 3.05) is 24.2 Å². The summed E-state index contributed by atoms with van der Waals surface area (Å²) in [5.41, 5.74) is 1.83. The SMILES string of the molecule is Cc1cc(CC2CCN(c3ccc(S(C)(=O)=O)cn3)C2)ccc1F. The highest BCUT2D eigenvalue weighted by Crippen LogP contribution is 2.26. The van der Waals surface area contributed by atoms with E-state index in [1.165, 1.54) is 18.5 Å². The van der Waals surface area contributed by atoms with E-state index in [9.17, 15) is 12.8 Å². The van der Waals surface area contributed by atoms with Gasteiger partial charge in [-0.1, -0.05) is 12.1 Å². The minimum Gasteiger partial charge on any atom is -0.356 e. The summed E-state index contributed by atoms with van der Waals surface area (Å²) >= 11 is 0. The number of aromatic nitrogens is 1. The molecule has 1 fully saturated rings. The molecule has 1 aliphatic rings. The Morgan fingerprint density at radius 2 is 2.08 bits per heavy atom. The Morgan fingerprint density at radius 1 is 1.29 bits per heavy atom. The maximum absolute atomic E-state index is 13.4. The van der Waals surface area contributed by atoms with Crippen LogP contribution in [0.4, 0.5) is 10.2 Å². The average molecular weight is 348 g/mol. The molecule has 1 aromatic carbocycles. The number of sulfone groups is 1. The molecule has 0 bridgehead atoms. The van der Waals surface area contributed by atoms with Gasteiger partial charge in [-0.2, -0.15) is 0 Å². The van der Waals surface area contributed by atoms with Crippen molar-refractivity contribution in [1.82, 2.24) is 4.98 Å². The van der Waals surface area contributed by atoms with Gasteiger partial charge in [0.25, 0.3) is 0 Å². The Bertz CT molecular complexity index is 835. The zero-order valence-electron chi connectivity index (χ0n) is 13.9. The van der Waals surface area contributed by atoms with Crippen LogP contribution in [-0.2, 0) is 16.3 Å². The van der Waals surface area contributed by atoms with Gasteiger partial charge < -0.3 is 4.90 Å². The van der Waals surface area contributed by atoms with E-state index >= 15 is 0 Å². The van der Waals surface area contributed by atoms with Gasteiger partial charge >= 0.3 is 0 Å². The van der Waals surface area contributed by atoms with Crippen molar-refractivity contribution in [3.8, 4) is 0 Å². The molecular weight excluding hydrogens is 327 g/mol. The predicted molar refractivity (Wildman–Crippen MR) is 92.5 cm³/mol. The normalized spacial score (nSPS) is 18.1. The number of pyridine rings is 1. The fourth-order valence-electron chi connectivity index (χ4n) is 3.15. The molecule has 1 atom stereocenters. The fourth-order valence-corrected chi connectivity index (χ4v) is 3.71. The minimum absolute atomic E-state index is 0.165. The first-order valence-corrected chi connectivity index (χ1v) is 9.88. The molecule has 0 amide bonds. The van der Waals surface area contributed by atoms with Gasteiger partial charge in [0, 0.05) is 25.5 Å². The lowest BCUT2D eigenvalue weighted by molar-refractivity contribution is 0.581. The molecule has 2 aromatic rings. The van der Waals surface area contributed by atoms with E-state index in [0.717, 1.165) is 37.3 Å². The summed E-state index contributed by atoms with van der Waals surface area (Å²) in [6.07, 6.45) is 4.56. The van der Waals surface area contributed by atoms with E-state index < -0.39 is 9.84 Å². The lowest BCUT2D eigenvalue weighted by atomic mass is 9.97. The molecule has 4 nitrogen and oxygen atoms in total. The van der Waals surface area contributed by atoms with Crippen LogP contribution in [0.5, 0.6) is 0 Å². The standard InChI is InChI=1S/C18H21FN2O2S/c1-13-9-14(3-5-17(13)19)10-15-7-8-21(12-15)18-6-4-16(11-20-18)24(2,22)23/h3-6,9,11,15H,7-8,10,12H2,1-2H3. The van der Waals surface area contributed by atoms with Crippen molar-refractivity contribution in [3.05, 3.63) is 53.5 Å².